The van der Waals surface area contributed by atoms with Gasteiger partial charge in [0.05, 0.1) is 12.0 Å². The van der Waals surface area contributed by atoms with Gasteiger partial charge < -0.3 is 0 Å². The second-order valence-corrected chi connectivity index (χ2v) is 16.8. The largest absolute Gasteiger partial charge is 0.257 e. The molecule has 50 heavy (non-hydrogen) atoms. The van der Waals surface area contributed by atoms with Crippen molar-refractivity contribution >= 4 is 0 Å². The topological polar surface area (TPSA) is 19.7 Å². The van der Waals surface area contributed by atoms with Gasteiger partial charge in [-0.3, -0.25) is 0 Å². The summed E-state index contributed by atoms with van der Waals surface area (Å²) in [5.41, 5.74) is 0. The Kier molecular flexibility index (Phi) is 35.8. The molecule has 0 spiro atoms. The minimum Gasteiger partial charge on any atom is -0.247 e. The van der Waals surface area contributed by atoms with Crippen molar-refractivity contribution in [3.63, 3.8) is 0 Å². The lowest BCUT2D eigenvalue weighted by molar-refractivity contribution is -0.727. The number of nitrogens with one attached hydrogen (secondary N) is 1. The monoisotopic (exact) mass is 700 g/mol. The fourth-order valence-corrected chi connectivity index (χ4v) is 8.37. The van der Waals surface area contributed by atoms with Crippen molar-refractivity contribution in [1.82, 2.24) is 4.98 Å². The van der Waals surface area contributed by atoms with Gasteiger partial charge in [0, 0.05) is 0 Å². The van der Waals surface area contributed by atoms with Crippen molar-refractivity contribution in [3.8, 4) is 0 Å². The Morgan fingerprint density at radius 2 is 0.640 bits per heavy atom. The van der Waals surface area contributed by atoms with Gasteiger partial charge in [-0.2, -0.15) is 0 Å². The number of aromatic amines is 1. The predicted molar refractivity (Wildman–Crippen MR) is 226 cm³/mol. The van der Waals surface area contributed by atoms with Gasteiger partial charge in [0.2, 0.25) is 0 Å². The molecule has 0 saturated heterocycles. The molecule has 0 fully saturated rings. The lowest BCUT2D eigenvalue weighted by Crippen LogP contribution is -2.41. The third kappa shape index (κ3) is 28.8. The van der Waals surface area contributed by atoms with E-state index in [2.05, 4.69) is 49.6 Å². The molecule has 0 aromatic carbocycles. The van der Waals surface area contributed by atoms with Crippen LogP contribution in [0.4, 0.5) is 0 Å². The summed E-state index contributed by atoms with van der Waals surface area (Å²) in [6, 6.07) is 0.617. The molecule has 1 N–H and O–H groups in total. The maximum absolute atomic E-state index is 3.78. The van der Waals surface area contributed by atoms with Crippen LogP contribution in [0.3, 0.4) is 0 Å². The molecule has 2 heteroatoms. The third-order valence-electron chi connectivity index (χ3n) is 11.9. The second-order valence-electron chi connectivity index (χ2n) is 16.8. The first-order valence-corrected chi connectivity index (χ1v) is 23.8. The van der Waals surface area contributed by atoms with Crippen molar-refractivity contribution in [2.75, 3.05) is 0 Å². The summed E-state index contributed by atoms with van der Waals surface area (Å²) in [4.78, 5) is 3.78. The van der Waals surface area contributed by atoms with E-state index in [0.29, 0.717) is 12.0 Å². The average molecular weight is 700 g/mol. The minimum absolute atomic E-state index is 0.617. The van der Waals surface area contributed by atoms with Crippen molar-refractivity contribution in [3.05, 3.63) is 18.2 Å². The molecule has 2 atom stereocenters. The molecule has 2 nitrogen and oxygen atoms in total. The summed E-state index contributed by atoms with van der Waals surface area (Å²) in [5, 5.41) is 0. The molecule has 2 unspecified atom stereocenters. The number of aromatic nitrogens is 2. The normalized spacial score (nSPS) is 13.0. The standard InChI is InChI=1S/C48H94N2/c1-5-8-11-14-17-20-22-23-24-25-26-28-31-34-37-40-43-47(42-39-36-33-30-27-21-18-15-12-9-6-2)48-49-44-45-50(48)46(4)41-38-35-32-29-19-16-13-10-7-3/h44-47H,5-43H2,1-4H3/p+1. The average Bonchev–Trinajstić information content (AvgIpc) is 3.62. The first-order valence-electron chi connectivity index (χ1n) is 23.8. The minimum atomic E-state index is 0.617. The first-order chi connectivity index (χ1) is 24.7. The molecule has 0 aliphatic heterocycles. The molecule has 1 rings (SSSR count). The van der Waals surface area contributed by atoms with E-state index in [1.165, 1.54) is 250 Å². The summed E-state index contributed by atoms with van der Waals surface area (Å²) >= 11 is 0. The van der Waals surface area contributed by atoms with Crippen molar-refractivity contribution in [2.45, 2.75) is 290 Å². The summed E-state index contributed by atoms with van der Waals surface area (Å²) in [6.07, 6.45) is 60.6. The van der Waals surface area contributed by atoms with Crippen LogP contribution in [0.15, 0.2) is 12.4 Å². The Morgan fingerprint density at radius 3 is 0.940 bits per heavy atom. The van der Waals surface area contributed by atoms with Gasteiger partial charge in [-0.1, -0.05) is 245 Å². The lowest BCUT2D eigenvalue weighted by atomic mass is 9.92. The summed E-state index contributed by atoms with van der Waals surface area (Å²) in [7, 11) is 0. The molecule has 1 aromatic rings. The van der Waals surface area contributed by atoms with Crippen molar-refractivity contribution < 1.29 is 4.57 Å². The van der Waals surface area contributed by atoms with Gasteiger partial charge in [-0.05, 0) is 32.6 Å². The van der Waals surface area contributed by atoms with E-state index in [4.69, 9.17) is 0 Å². The fourth-order valence-electron chi connectivity index (χ4n) is 8.37. The molecule has 0 aliphatic rings. The van der Waals surface area contributed by atoms with Gasteiger partial charge >= 0.3 is 0 Å². The van der Waals surface area contributed by atoms with E-state index in [0.717, 1.165) is 0 Å². The molecule has 1 aromatic heterocycles. The van der Waals surface area contributed by atoms with Crippen LogP contribution < -0.4 is 4.57 Å². The zero-order chi connectivity index (χ0) is 36.0. The van der Waals surface area contributed by atoms with E-state index in [1.807, 2.05) is 0 Å². The van der Waals surface area contributed by atoms with Crippen LogP contribution in [0.5, 0.6) is 0 Å². The van der Waals surface area contributed by atoms with Gasteiger partial charge in [-0.25, -0.2) is 9.55 Å². The fraction of sp³-hybridized carbons (Fsp3) is 0.938. The second kappa shape index (κ2) is 38.0. The number of hydrogen-bond donors (Lipinski definition) is 1. The van der Waals surface area contributed by atoms with Gasteiger partial charge in [0.15, 0.2) is 0 Å². The van der Waals surface area contributed by atoms with Gasteiger partial charge in [-0.15, -0.1) is 0 Å². The molecule has 1 heterocycles. The summed E-state index contributed by atoms with van der Waals surface area (Å²) in [6.45, 7) is 9.43. The maximum Gasteiger partial charge on any atom is 0.257 e. The highest BCUT2D eigenvalue weighted by atomic mass is 15.1. The van der Waals surface area contributed by atoms with Crippen LogP contribution in [-0.4, -0.2) is 4.98 Å². The van der Waals surface area contributed by atoms with Crippen LogP contribution in [-0.2, 0) is 0 Å². The van der Waals surface area contributed by atoms with Crippen LogP contribution in [0, 0.1) is 0 Å². The molecule has 296 valence electrons. The van der Waals surface area contributed by atoms with Gasteiger partial charge in [0.1, 0.15) is 12.4 Å². The third-order valence-corrected chi connectivity index (χ3v) is 11.9. The SMILES string of the molecule is CCCCCCCCCCCCCCCCCCC(CCCCCCCCCCCCC)c1[nH]cc[n+]1C(C)CCCCCCCCCCC. The molecule has 0 bridgehead atoms. The Hall–Kier alpha value is -0.790. The highest BCUT2D eigenvalue weighted by Crippen LogP contribution is 2.28. The quantitative estimate of drug-likeness (QED) is 0.0518. The molecule has 0 aliphatic carbocycles. The Bertz CT molecular complexity index is 768. The highest BCUT2D eigenvalue weighted by molar-refractivity contribution is 4.90. The molecular formula is C48H95N2+. The highest BCUT2D eigenvalue weighted by Gasteiger charge is 2.25. The smallest absolute Gasteiger partial charge is 0.247 e. The number of rotatable bonds is 41. The van der Waals surface area contributed by atoms with Crippen LogP contribution in [0.25, 0.3) is 0 Å². The Labute approximate surface area is 316 Å². The number of hydrogen-bond acceptors (Lipinski definition) is 0. The molecule has 0 amide bonds. The van der Waals surface area contributed by atoms with E-state index in [9.17, 15) is 0 Å². The van der Waals surface area contributed by atoms with Crippen molar-refractivity contribution in [1.29, 1.82) is 0 Å². The molecule has 0 radical (unpaired) electrons. The van der Waals surface area contributed by atoms with E-state index >= 15 is 0 Å². The van der Waals surface area contributed by atoms with Crippen molar-refractivity contribution in [2.24, 2.45) is 0 Å². The predicted octanol–water partition coefficient (Wildman–Crippen LogP) is 17.2. The van der Waals surface area contributed by atoms with E-state index in [-0.39, 0.29) is 0 Å². The summed E-state index contributed by atoms with van der Waals surface area (Å²) < 4.78 is 2.65. The van der Waals surface area contributed by atoms with Crippen LogP contribution in [0.2, 0.25) is 0 Å². The Morgan fingerprint density at radius 1 is 0.380 bits per heavy atom. The van der Waals surface area contributed by atoms with Crippen LogP contribution >= 0.6 is 0 Å². The first kappa shape index (κ1) is 47.2. The number of H-pyrrole nitrogens is 1. The summed E-state index contributed by atoms with van der Waals surface area (Å²) in [5.74, 6) is 2.25. The lowest BCUT2D eigenvalue weighted by Gasteiger charge is -2.17. The van der Waals surface area contributed by atoms with E-state index < -0.39 is 0 Å². The van der Waals surface area contributed by atoms with Crippen LogP contribution in [0.1, 0.15) is 296 Å². The molecular weight excluding hydrogens is 605 g/mol. The zero-order valence-electron chi connectivity index (χ0n) is 35.3. The number of imidazole rings is 1. The number of nitrogens with zero attached hydrogens (tertiary/aromatic N) is 1. The number of unbranched alkanes of at least 4 members (excludes halogenated alkanes) is 33. The maximum atomic E-state index is 3.78. The zero-order valence-corrected chi connectivity index (χ0v) is 35.3. The van der Waals surface area contributed by atoms with Gasteiger partial charge in [0.25, 0.3) is 5.82 Å². The van der Waals surface area contributed by atoms with E-state index in [1.54, 1.807) is 5.82 Å². The molecule has 0 saturated carbocycles. The Balaban J connectivity index is 2.36.